The number of benzene rings is 1. The molecule has 1 aliphatic heterocycles. The van der Waals surface area contributed by atoms with E-state index < -0.39 is 5.60 Å². The average Bonchev–Trinajstić information content (AvgIpc) is 3.38. The normalized spacial score (nSPS) is 23.0. The molecule has 1 saturated heterocycles. The highest BCUT2D eigenvalue weighted by Crippen LogP contribution is 2.50. The maximum atomic E-state index is 12.5. The van der Waals surface area contributed by atoms with Crippen molar-refractivity contribution < 1.29 is 14.4 Å². The second-order valence-electron chi connectivity index (χ2n) is 11.9. The van der Waals surface area contributed by atoms with Crippen LogP contribution >= 0.6 is 0 Å². The molecule has 0 radical (unpaired) electrons. The van der Waals surface area contributed by atoms with Gasteiger partial charge < -0.3 is 19.8 Å². The molecule has 2 fully saturated rings. The lowest BCUT2D eigenvalue weighted by Gasteiger charge is -2.55. The van der Waals surface area contributed by atoms with Gasteiger partial charge in [0.2, 0.25) is 17.6 Å². The summed E-state index contributed by atoms with van der Waals surface area (Å²) in [6, 6.07) is 10.5. The van der Waals surface area contributed by atoms with E-state index in [1.165, 1.54) is 5.56 Å². The molecule has 0 spiro atoms. The number of hydrogen-bond acceptors (Lipinski definition) is 7. The van der Waals surface area contributed by atoms with E-state index in [4.69, 9.17) is 9.51 Å². The van der Waals surface area contributed by atoms with Crippen LogP contribution in [0.1, 0.15) is 87.8 Å². The van der Waals surface area contributed by atoms with Crippen LogP contribution in [0.25, 0.3) is 11.4 Å². The van der Waals surface area contributed by atoms with Crippen LogP contribution < -0.4 is 5.32 Å². The summed E-state index contributed by atoms with van der Waals surface area (Å²) in [6.45, 7) is 9.58. The van der Waals surface area contributed by atoms with Crippen molar-refractivity contribution in [3.63, 3.8) is 0 Å². The van der Waals surface area contributed by atoms with Crippen molar-refractivity contribution in [3.05, 3.63) is 65.3 Å². The van der Waals surface area contributed by atoms with Crippen molar-refractivity contribution >= 4 is 5.91 Å². The lowest BCUT2D eigenvalue weighted by Crippen LogP contribution is -2.63. The Labute approximate surface area is 224 Å². The van der Waals surface area contributed by atoms with Crippen molar-refractivity contribution in [2.75, 3.05) is 20.1 Å². The summed E-state index contributed by atoms with van der Waals surface area (Å²) in [6.07, 6.45) is 7.06. The first-order chi connectivity index (χ1) is 18.1. The third kappa shape index (κ3) is 4.87. The molecule has 3 aromatic rings. The van der Waals surface area contributed by atoms with Gasteiger partial charge in [0.25, 0.3) is 0 Å². The smallest absolute Gasteiger partial charge is 0.230 e. The quantitative estimate of drug-likeness (QED) is 0.472. The summed E-state index contributed by atoms with van der Waals surface area (Å²) in [5.74, 6) is 1.71. The van der Waals surface area contributed by atoms with Gasteiger partial charge >= 0.3 is 0 Å². The highest BCUT2D eigenvalue weighted by Gasteiger charge is 2.55. The van der Waals surface area contributed by atoms with Crippen molar-refractivity contribution in [2.24, 2.45) is 5.41 Å². The van der Waals surface area contributed by atoms with Crippen LogP contribution in [0.3, 0.4) is 0 Å². The summed E-state index contributed by atoms with van der Waals surface area (Å²) in [5.41, 5.74) is 1.94. The SMILES string of the molecule is CC(=O)NC1CCC(c2nc(-c3cncc(C(O)(c4ccc(C(C)C)cc4)C4(C)CN(C)C4)c3)no2)CC1. The van der Waals surface area contributed by atoms with Gasteiger partial charge in [-0.2, -0.15) is 4.98 Å². The number of hydrogen-bond donors (Lipinski definition) is 2. The van der Waals surface area contributed by atoms with E-state index in [0.717, 1.165) is 55.5 Å². The number of nitrogens with one attached hydrogen (secondary N) is 1. The summed E-state index contributed by atoms with van der Waals surface area (Å²) in [7, 11) is 2.07. The molecule has 202 valence electrons. The minimum absolute atomic E-state index is 0.0131. The number of carbonyl (C=O) groups excluding carboxylic acids is 1. The molecule has 38 heavy (non-hydrogen) atoms. The number of pyridine rings is 1. The molecule has 1 amide bonds. The number of nitrogens with zero attached hydrogens (tertiary/aromatic N) is 4. The van der Waals surface area contributed by atoms with Crippen LogP contribution in [0.4, 0.5) is 0 Å². The van der Waals surface area contributed by atoms with Crippen LogP contribution in [0.2, 0.25) is 0 Å². The maximum Gasteiger partial charge on any atom is 0.230 e. The van der Waals surface area contributed by atoms with Gasteiger partial charge in [0.1, 0.15) is 5.60 Å². The molecule has 1 unspecified atom stereocenters. The van der Waals surface area contributed by atoms with Gasteiger partial charge in [-0.15, -0.1) is 0 Å². The third-order valence-corrected chi connectivity index (χ3v) is 8.45. The fourth-order valence-electron chi connectivity index (χ4n) is 6.40. The summed E-state index contributed by atoms with van der Waals surface area (Å²) in [4.78, 5) is 22.8. The first-order valence-electron chi connectivity index (χ1n) is 13.7. The Morgan fingerprint density at radius 1 is 1.13 bits per heavy atom. The van der Waals surface area contributed by atoms with E-state index in [9.17, 15) is 9.90 Å². The number of aliphatic hydroxyl groups is 1. The van der Waals surface area contributed by atoms with E-state index >= 15 is 0 Å². The largest absolute Gasteiger partial charge is 0.380 e. The summed E-state index contributed by atoms with van der Waals surface area (Å²) in [5, 5.41) is 19.8. The molecule has 2 aromatic heterocycles. The molecular formula is C30H39N5O3. The molecule has 0 bridgehead atoms. The lowest BCUT2D eigenvalue weighted by atomic mass is 9.62. The zero-order chi connectivity index (χ0) is 27.1. The Hall–Kier alpha value is -3.10. The molecule has 1 saturated carbocycles. The predicted molar refractivity (Wildman–Crippen MR) is 145 cm³/mol. The van der Waals surface area contributed by atoms with E-state index in [0.29, 0.717) is 17.6 Å². The van der Waals surface area contributed by atoms with E-state index in [2.05, 4.69) is 72.4 Å². The Bertz CT molecular complexity index is 1270. The molecule has 2 aliphatic rings. The minimum atomic E-state index is -1.23. The zero-order valence-corrected chi connectivity index (χ0v) is 23.1. The molecule has 2 N–H and O–H groups in total. The monoisotopic (exact) mass is 517 g/mol. The molecular weight excluding hydrogens is 478 g/mol. The molecule has 8 nitrogen and oxygen atoms in total. The molecule has 8 heteroatoms. The lowest BCUT2D eigenvalue weighted by molar-refractivity contribution is -0.127. The van der Waals surface area contributed by atoms with Crippen molar-refractivity contribution in [1.82, 2.24) is 25.3 Å². The third-order valence-electron chi connectivity index (χ3n) is 8.45. The van der Waals surface area contributed by atoms with Gasteiger partial charge in [0.15, 0.2) is 0 Å². The van der Waals surface area contributed by atoms with E-state index in [-0.39, 0.29) is 23.3 Å². The minimum Gasteiger partial charge on any atom is -0.380 e. The fourth-order valence-corrected chi connectivity index (χ4v) is 6.40. The number of amides is 1. The number of likely N-dealkylation sites (tertiary alicyclic amines) is 1. The molecule has 1 aromatic carbocycles. The Kier molecular flexibility index (Phi) is 7.13. The maximum absolute atomic E-state index is 12.5. The highest BCUT2D eigenvalue weighted by atomic mass is 16.5. The van der Waals surface area contributed by atoms with Gasteiger partial charge in [-0.3, -0.25) is 9.78 Å². The van der Waals surface area contributed by atoms with Crippen LogP contribution in [0, 0.1) is 5.41 Å². The number of carbonyl (C=O) groups is 1. The van der Waals surface area contributed by atoms with Gasteiger partial charge in [0, 0.05) is 60.9 Å². The summed E-state index contributed by atoms with van der Waals surface area (Å²) < 4.78 is 5.69. The molecule has 3 heterocycles. The van der Waals surface area contributed by atoms with Crippen molar-refractivity contribution in [2.45, 2.75) is 76.9 Å². The van der Waals surface area contributed by atoms with Crippen LogP contribution in [-0.4, -0.2) is 57.2 Å². The van der Waals surface area contributed by atoms with Gasteiger partial charge in [-0.05, 0) is 55.8 Å². The van der Waals surface area contributed by atoms with Crippen LogP contribution in [-0.2, 0) is 10.4 Å². The second kappa shape index (κ2) is 10.2. The zero-order valence-electron chi connectivity index (χ0n) is 23.1. The number of rotatable bonds is 7. The van der Waals surface area contributed by atoms with Crippen molar-refractivity contribution in [1.29, 1.82) is 0 Å². The van der Waals surface area contributed by atoms with Gasteiger partial charge in [-0.1, -0.05) is 50.2 Å². The van der Waals surface area contributed by atoms with Gasteiger partial charge in [0.05, 0.1) is 0 Å². The van der Waals surface area contributed by atoms with Crippen LogP contribution in [0.5, 0.6) is 0 Å². The Balaban J connectivity index is 1.43. The van der Waals surface area contributed by atoms with Crippen molar-refractivity contribution in [3.8, 4) is 11.4 Å². The standard InChI is InChI=1S/C30H39N5O3/c1-19(2)21-6-10-24(11-7-21)30(37,29(4)17-35(5)18-29)25-14-23(15-31-16-25)27-33-28(38-34-27)22-8-12-26(13-9-22)32-20(3)36/h6-7,10-11,14-16,19,22,26,37H,8-9,12-13,17-18H2,1-5H3,(H,32,36). The molecule has 1 atom stereocenters. The van der Waals surface area contributed by atoms with Crippen LogP contribution in [0.15, 0.2) is 47.2 Å². The topological polar surface area (TPSA) is 104 Å². The second-order valence-corrected chi connectivity index (χ2v) is 11.9. The first kappa shape index (κ1) is 26.5. The number of aromatic nitrogens is 3. The van der Waals surface area contributed by atoms with E-state index in [1.54, 1.807) is 19.3 Å². The van der Waals surface area contributed by atoms with Gasteiger partial charge in [-0.25, -0.2) is 0 Å². The van der Waals surface area contributed by atoms with E-state index in [1.807, 2.05) is 6.07 Å². The first-order valence-corrected chi connectivity index (χ1v) is 13.7. The Morgan fingerprint density at radius 2 is 1.82 bits per heavy atom. The average molecular weight is 518 g/mol. The fraction of sp³-hybridized carbons (Fsp3) is 0.533. The summed E-state index contributed by atoms with van der Waals surface area (Å²) >= 11 is 0. The Morgan fingerprint density at radius 3 is 2.42 bits per heavy atom. The predicted octanol–water partition coefficient (Wildman–Crippen LogP) is 4.60. The molecule has 1 aliphatic carbocycles. The highest BCUT2D eigenvalue weighted by molar-refractivity contribution is 5.73. The molecule has 5 rings (SSSR count).